The Labute approximate surface area is 194 Å². The zero-order valence-corrected chi connectivity index (χ0v) is 19.5. The molecule has 13 heteroatoms. The first kappa shape index (κ1) is 24.4. The second-order valence-corrected chi connectivity index (χ2v) is 9.96. The third-order valence-electron chi connectivity index (χ3n) is 4.28. The van der Waals surface area contributed by atoms with Gasteiger partial charge in [0, 0.05) is 42.6 Å². The molecule has 3 aromatic rings. The standard InChI is InChI=1S/C20H22N6O5S2/c1-14-12-23-20(32-14)24-19(28)18(25-31-13-17-21-8-3-9-22-17)15-4-6-16(7-5-15)33(29,30)26(2)10-11-27/h3-9,12,27H,10-11,13H2,1-2H3,(H,23,24,28). The van der Waals surface area contributed by atoms with Gasteiger partial charge in [-0.05, 0) is 25.1 Å². The van der Waals surface area contributed by atoms with Gasteiger partial charge in [0.1, 0.15) is 0 Å². The van der Waals surface area contributed by atoms with Crippen LogP contribution >= 0.6 is 11.3 Å². The molecule has 1 aromatic carbocycles. The fraction of sp³-hybridized carbons (Fsp3) is 0.250. The van der Waals surface area contributed by atoms with E-state index in [0.29, 0.717) is 16.5 Å². The average Bonchev–Trinajstić information content (AvgIpc) is 3.22. The smallest absolute Gasteiger partial charge is 0.280 e. The third kappa shape index (κ3) is 6.38. The van der Waals surface area contributed by atoms with Crippen molar-refractivity contribution in [1.29, 1.82) is 0 Å². The zero-order chi connectivity index (χ0) is 23.8. The first-order chi connectivity index (χ1) is 15.8. The van der Waals surface area contributed by atoms with Crippen LogP contribution in [0, 0.1) is 6.92 Å². The van der Waals surface area contributed by atoms with E-state index < -0.39 is 15.9 Å². The molecule has 0 aliphatic carbocycles. The zero-order valence-electron chi connectivity index (χ0n) is 17.9. The predicted octanol–water partition coefficient (Wildman–Crippen LogP) is 1.41. The number of carbonyl (C=O) groups excluding carboxylic acids is 1. The van der Waals surface area contributed by atoms with Gasteiger partial charge in [-0.25, -0.2) is 23.4 Å². The molecule has 0 atom stereocenters. The first-order valence-corrected chi connectivity index (χ1v) is 11.9. The number of oxime groups is 1. The number of likely N-dealkylation sites (N-methyl/N-ethyl adjacent to an activating group) is 1. The van der Waals surface area contributed by atoms with Crippen LogP contribution in [-0.2, 0) is 26.3 Å². The molecule has 0 bridgehead atoms. The Kier molecular flexibility index (Phi) is 8.16. The van der Waals surface area contributed by atoms with E-state index >= 15 is 0 Å². The molecule has 0 aliphatic rings. The van der Waals surface area contributed by atoms with Crippen LogP contribution in [0.25, 0.3) is 0 Å². The summed E-state index contributed by atoms with van der Waals surface area (Å²) in [5.41, 5.74) is 0.255. The number of rotatable bonds is 10. The summed E-state index contributed by atoms with van der Waals surface area (Å²) in [6.07, 6.45) is 4.74. The van der Waals surface area contributed by atoms with Crippen molar-refractivity contribution < 1.29 is 23.2 Å². The maximum atomic E-state index is 12.9. The van der Waals surface area contributed by atoms with Gasteiger partial charge in [0.25, 0.3) is 5.91 Å². The van der Waals surface area contributed by atoms with Gasteiger partial charge in [0.05, 0.1) is 11.5 Å². The van der Waals surface area contributed by atoms with Gasteiger partial charge in [-0.15, -0.1) is 11.3 Å². The van der Waals surface area contributed by atoms with E-state index in [2.05, 4.69) is 25.4 Å². The number of aliphatic hydroxyl groups excluding tert-OH is 1. The minimum Gasteiger partial charge on any atom is -0.395 e. The quantitative estimate of drug-likeness (QED) is 0.320. The van der Waals surface area contributed by atoms with E-state index in [9.17, 15) is 13.2 Å². The highest BCUT2D eigenvalue weighted by atomic mass is 32.2. The van der Waals surface area contributed by atoms with Crippen molar-refractivity contribution in [2.24, 2.45) is 5.16 Å². The Hall–Kier alpha value is -3.26. The molecule has 2 aromatic heterocycles. The highest BCUT2D eigenvalue weighted by molar-refractivity contribution is 7.89. The van der Waals surface area contributed by atoms with Gasteiger partial charge in [0.2, 0.25) is 10.0 Å². The molecule has 0 saturated carbocycles. The monoisotopic (exact) mass is 490 g/mol. The molecule has 0 unspecified atom stereocenters. The van der Waals surface area contributed by atoms with Crippen LogP contribution in [0.3, 0.4) is 0 Å². The molecule has 0 radical (unpaired) electrons. The lowest BCUT2D eigenvalue weighted by Crippen LogP contribution is -2.29. The van der Waals surface area contributed by atoms with Crippen LogP contribution in [-0.4, -0.2) is 64.6 Å². The van der Waals surface area contributed by atoms with Gasteiger partial charge in [0.15, 0.2) is 23.3 Å². The van der Waals surface area contributed by atoms with E-state index in [0.717, 1.165) is 9.18 Å². The molecule has 2 N–H and O–H groups in total. The van der Waals surface area contributed by atoms with Gasteiger partial charge in [-0.3, -0.25) is 10.1 Å². The maximum absolute atomic E-state index is 12.9. The van der Waals surface area contributed by atoms with E-state index in [1.165, 1.54) is 42.6 Å². The molecular weight excluding hydrogens is 468 g/mol. The molecule has 1 amide bonds. The summed E-state index contributed by atoms with van der Waals surface area (Å²) >= 11 is 1.30. The normalized spacial score (nSPS) is 12.1. The number of aryl methyl sites for hydroxylation is 1. The van der Waals surface area contributed by atoms with Crippen LogP contribution in [0.2, 0.25) is 0 Å². The van der Waals surface area contributed by atoms with Crippen LogP contribution in [0.4, 0.5) is 5.13 Å². The fourth-order valence-electron chi connectivity index (χ4n) is 2.58. The van der Waals surface area contributed by atoms with E-state index in [-0.39, 0.29) is 30.4 Å². The Morgan fingerprint density at radius 1 is 1.21 bits per heavy atom. The highest BCUT2D eigenvalue weighted by Gasteiger charge is 2.22. The molecule has 0 fully saturated rings. The van der Waals surface area contributed by atoms with Crippen molar-refractivity contribution in [3.05, 3.63) is 65.2 Å². The maximum Gasteiger partial charge on any atom is 0.280 e. The molecule has 3 rings (SSSR count). The number of sulfonamides is 1. The predicted molar refractivity (Wildman–Crippen MR) is 122 cm³/mol. The lowest BCUT2D eigenvalue weighted by Gasteiger charge is -2.16. The number of amides is 1. The number of anilines is 1. The second-order valence-electron chi connectivity index (χ2n) is 6.68. The van der Waals surface area contributed by atoms with E-state index in [4.69, 9.17) is 9.94 Å². The number of nitrogens with zero attached hydrogens (tertiary/aromatic N) is 5. The van der Waals surface area contributed by atoms with Gasteiger partial charge < -0.3 is 9.94 Å². The third-order valence-corrected chi connectivity index (χ3v) is 6.98. The summed E-state index contributed by atoms with van der Waals surface area (Å²) in [5.74, 6) is -0.198. The summed E-state index contributed by atoms with van der Waals surface area (Å²) in [4.78, 5) is 31.3. The van der Waals surface area contributed by atoms with Crippen molar-refractivity contribution in [1.82, 2.24) is 19.3 Å². The van der Waals surface area contributed by atoms with Crippen LogP contribution in [0.15, 0.2) is 59.0 Å². The minimum atomic E-state index is -3.79. The van der Waals surface area contributed by atoms with Crippen LogP contribution in [0.5, 0.6) is 0 Å². The second kappa shape index (κ2) is 11.0. The number of thiazole rings is 1. The number of hydrogen-bond donors (Lipinski definition) is 2. The fourth-order valence-corrected chi connectivity index (χ4v) is 4.40. The summed E-state index contributed by atoms with van der Waals surface area (Å²) < 4.78 is 26.2. The topological polar surface area (TPSA) is 147 Å². The Balaban J connectivity index is 1.86. The molecular formula is C20H22N6O5S2. The molecule has 2 heterocycles. The van der Waals surface area contributed by atoms with Crippen molar-refractivity contribution in [2.75, 3.05) is 25.5 Å². The summed E-state index contributed by atoms with van der Waals surface area (Å²) in [6, 6.07) is 7.28. The number of aromatic nitrogens is 3. The first-order valence-electron chi connectivity index (χ1n) is 9.68. The largest absolute Gasteiger partial charge is 0.395 e. The lowest BCUT2D eigenvalue weighted by atomic mass is 10.1. The van der Waals surface area contributed by atoms with Crippen molar-refractivity contribution in [3.63, 3.8) is 0 Å². The molecule has 11 nitrogen and oxygen atoms in total. The van der Waals surface area contributed by atoms with Crippen LogP contribution in [0.1, 0.15) is 16.3 Å². The number of hydrogen-bond acceptors (Lipinski definition) is 10. The SMILES string of the molecule is Cc1cnc(NC(=O)C(=NOCc2ncccn2)c2ccc(S(=O)(=O)N(C)CCO)cc2)s1. The number of benzene rings is 1. The molecule has 0 spiro atoms. The highest BCUT2D eigenvalue weighted by Crippen LogP contribution is 2.19. The average molecular weight is 491 g/mol. The van der Waals surface area contributed by atoms with Gasteiger partial charge in [-0.1, -0.05) is 17.3 Å². The summed E-state index contributed by atoms with van der Waals surface area (Å²) in [7, 11) is -2.42. The van der Waals surface area contributed by atoms with Crippen molar-refractivity contribution in [3.8, 4) is 0 Å². The van der Waals surface area contributed by atoms with Gasteiger partial charge >= 0.3 is 0 Å². The number of nitrogens with one attached hydrogen (secondary N) is 1. The summed E-state index contributed by atoms with van der Waals surface area (Å²) in [6.45, 7) is 1.45. The minimum absolute atomic E-state index is 0.0103. The Morgan fingerprint density at radius 3 is 2.52 bits per heavy atom. The number of carbonyl (C=O) groups is 1. The Morgan fingerprint density at radius 2 is 1.91 bits per heavy atom. The van der Waals surface area contributed by atoms with Gasteiger partial charge in [-0.2, -0.15) is 4.31 Å². The van der Waals surface area contributed by atoms with Crippen molar-refractivity contribution in [2.45, 2.75) is 18.4 Å². The molecule has 0 saturated heterocycles. The lowest BCUT2D eigenvalue weighted by molar-refractivity contribution is -0.110. The Bertz CT molecular complexity index is 1210. The van der Waals surface area contributed by atoms with Crippen molar-refractivity contribution >= 4 is 38.1 Å². The number of aliphatic hydroxyl groups is 1. The van der Waals surface area contributed by atoms with E-state index in [1.807, 2.05) is 6.92 Å². The van der Waals surface area contributed by atoms with E-state index in [1.54, 1.807) is 24.7 Å². The summed E-state index contributed by atoms with van der Waals surface area (Å²) in [5, 5.41) is 16.0. The molecule has 0 aliphatic heterocycles. The van der Waals surface area contributed by atoms with Crippen LogP contribution < -0.4 is 5.32 Å². The molecule has 33 heavy (non-hydrogen) atoms. The molecule has 174 valence electrons.